The number of carbonyl (C=O) groups excluding carboxylic acids is 1. The van der Waals surface area contributed by atoms with Gasteiger partial charge in [0.15, 0.2) is 0 Å². The van der Waals surface area contributed by atoms with Gasteiger partial charge >= 0.3 is 0 Å². The Morgan fingerprint density at radius 2 is 2.13 bits per heavy atom. The third-order valence-electron chi connectivity index (χ3n) is 2.99. The Bertz CT molecular complexity index is 206. The molecule has 0 aliphatic carbocycles. The lowest BCUT2D eigenvalue weighted by atomic mass is 10.1. The highest BCUT2D eigenvalue weighted by Gasteiger charge is 2.15. The highest BCUT2D eigenvalue weighted by atomic mass is 16.2. The molecule has 1 aliphatic heterocycles. The number of likely N-dealkylation sites (N-methyl/N-ethyl adjacent to an activating group) is 1. The van der Waals surface area contributed by atoms with Gasteiger partial charge in [-0.3, -0.25) is 4.79 Å². The number of rotatable bonds is 3. The molecule has 0 bridgehead atoms. The fourth-order valence-corrected chi connectivity index (χ4v) is 1.83. The van der Waals surface area contributed by atoms with Gasteiger partial charge in [-0.05, 0) is 39.4 Å². The van der Waals surface area contributed by atoms with E-state index in [9.17, 15) is 4.79 Å². The molecule has 1 unspecified atom stereocenters. The van der Waals surface area contributed by atoms with E-state index in [1.807, 2.05) is 0 Å². The van der Waals surface area contributed by atoms with Crippen LogP contribution in [0.4, 0.5) is 0 Å². The van der Waals surface area contributed by atoms with Crippen LogP contribution in [0.5, 0.6) is 0 Å². The maximum absolute atomic E-state index is 11.4. The highest BCUT2D eigenvalue weighted by Crippen LogP contribution is 2.09. The number of carbonyl (C=O) groups is 1. The number of hydrogen-bond acceptors (Lipinski definition) is 3. The summed E-state index contributed by atoms with van der Waals surface area (Å²) in [6, 6.07) is 0.513. The second kappa shape index (κ2) is 6.08. The van der Waals surface area contributed by atoms with Gasteiger partial charge in [-0.25, -0.2) is 0 Å². The Labute approximate surface area is 92.6 Å². The molecule has 0 aromatic rings. The van der Waals surface area contributed by atoms with Gasteiger partial charge in [0, 0.05) is 20.1 Å². The Balaban J connectivity index is 2.23. The summed E-state index contributed by atoms with van der Waals surface area (Å²) >= 11 is 0. The van der Waals surface area contributed by atoms with Crippen LogP contribution in [0.2, 0.25) is 0 Å². The average Bonchev–Trinajstić information content (AvgIpc) is 2.39. The molecule has 1 amide bonds. The molecule has 0 saturated carbocycles. The molecule has 1 rings (SSSR count). The normalized spacial score (nSPS) is 23.5. The minimum Gasteiger partial charge on any atom is -0.348 e. The predicted octanol–water partition coefficient (Wildman–Crippen LogP) is 0.149. The predicted molar refractivity (Wildman–Crippen MR) is 61.8 cm³/mol. The molecule has 1 aliphatic rings. The standard InChI is InChI=1S/C11H23N3O/c1-13(2)11(15)9-12-10-5-4-7-14(3)8-6-10/h10,12H,4-9H2,1-3H3. The average molecular weight is 213 g/mol. The molecular formula is C11H23N3O. The molecule has 0 radical (unpaired) electrons. The van der Waals surface area contributed by atoms with Crippen LogP contribution in [-0.2, 0) is 4.79 Å². The van der Waals surface area contributed by atoms with Crippen molar-refractivity contribution >= 4 is 5.91 Å². The van der Waals surface area contributed by atoms with E-state index in [2.05, 4.69) is 17.3 Å². The lowest BCUT2D eigenvalue weighted by molar-refractivity contribution is -0.127. The highest BCUT2D eigenvalue weighted by molar-refractivity contribution is 5.77. The smallest absolute Gasteiger partial charge is 0.236 e. The van der Waals surface area contributed by atoms with E-state index in [-0.39, 0.29) is 5.91 Å². The van der Waals surface area contributed by atoms with Crippen molar-refractivity contribution in [3.8, 4) is 0 Å². The molecule has 1 N–H and O–H groups in total. The largest absolute Gasteiger partial charge is 0.348 e. The minimum absolute atomic E-state index is 0.160. The summed E-state index contributed by atoms with van der Waals surface area (Å²) in [5, 5.41) is 3.35. The van der Waals surface area contributed by atoms with Crippen molar-refractivity contribution in [1.29, 1.82) is 0 Å². The molecular weight excluding hydrogens is 190 g/mol. The van der Waals surface area contributed by atoms with E-state index in [1.165, 1.54) is 19.4 Å². The molecule has 1 atom stereocenters. The van der Waals surface area contributed by atoms with E-state index in [0.29, 0.717) is 12.6 Å². The molecule has 1 fully saturated rings. The van der Waals surface area contributed by atoms with Gasteiger partial charge in [0.25, 0.3) is 0 Å². The first-order valence-corrected chi connectivity index (χ1v) is 5.71. The van der Waals surface area contributed by atoms with Crippen LogP contribution < -0.4 is 5.32 Å². The monoisotopic (exact) mass is 213 g/mol. The Hall–Kier alpha value is -0.610. The van der Waals surface area contributed by atoms with Crippen LogP contribution in [0.3, 0.4) is 0 Å². The van der Waals surface area contributed by atoms with E-state index >= 15 is 0 Å². The molecule has 1 saturated heterocycles. The summed E-state index contributed by atoms with van der Waals surface area (Å²) in [5.74, 6) is 0.160. The molecule has 4 heteroatoms. The van der Waals surface area contributed by atoms with Crippen molar-refractivity contribution in [2.45, 2.75) is 25.3 Å². The van der Waals surface area contributed by atoms with Gasteiger partial charge in [0.2, 0.25) is 5.91 Å². The quantitative estimate of drug-likeness (QED) is 0.725. The Morgan fingerprint density at radius 3 is 2.80 bits per heavy atom. The number of hydrogen-bond donors (Lipinski definition) is 1. The van der Waals surface area contributed by atoms with Gasteiger partial charge in [-0.1, -0.05) is 0 Å². The second-order valence-electron chi connectivity index (χ2n) is 4.60. The van der Waals surface area contributed by atoms with Gasteiger partial charge in [-0.15, -0.1) is 0 Å². The maximum atomic E-state index is 11.4. The summed E-state index contributed by atoms with van der Waals surface area (Å²) in [5.41, 5.74) is 0. The molecule has 0 spiro atoms. The summed E-state index contributed by atoms with van der Waals surface area (Å²) < 4.78 is 0. The second-order valence-corrected chi connectivity index (χ2v) is 4.60. The summed E-state index contributed by atoms with van der Waals surface area (Å²) in [7, 11) is 5.75. The van der Waals surface area contributed by atoms with Crippen LogP contribution in [0.25, 0.3) is 0 Å². The number of nitrogens with one attached hydrogen (secondary N) is 1. The minimum atomic E-state index is 0.160. The first kappa shape index (κ1) is 12.5. The Kier molecular flexibility index (Phi) is 5.05. The molecule has 0 aromatic heterocycles. The molecule has 88 valence electrons. The van der Waals surface area contributed by atoms with E-state index in [0.717, 1.165) is 13.0 Å². The molecule has 4 nitrogen and oxygen atoms in total. The number of amides is 1. The van der Waals surface area contributed by atoms with Crippen LogP contribution in [0, 0.1) is 0 Å². The lowest BCUT2D eigenvalue weighted by Gasteiger charge is -2.18. The third kappa shape index (κ3) is 4.62. The summed E-state index contributed by atoms with van der Waals surface area (Å²) in [6.45, 7) is 2.79. The van der Waals surface area contributed by atoms with Crippen LogP contribution >= 0.6 is 0 Å². The van der Waals surface area contributed by atoms with Crippen molar-refractivity contribution in [2.75, 3.05) is 40.8 Å². The SMILES string of the molecule is CN1CCCC(NCC(=O)N(C)C)CC1. The van der Waals surface area contributed by atoms with E-state index in [4.69, 9.17) is 0 Å². The van der Waals surface area contributed by atoms with Gasteiger partial charge in [0.05, 0.1) is 6.54 Å². The fourth-order valence-electron chi connectivity index (χ4n) is 1.83. The number of likely N-dealkylation sites (tertiary alicyclic amines) is 1. The zero-order valence-corrected chi connectivity index (χ0v) is 10.1. The molecule has 15 heavy (non-hydrogen) atoms. The maximum Gasteiger partial charge on any atom is 0.236 e. The van der Waals surface area contributed by atoms with Gasteiger partial charge < -0.3 is 15.1 Å². The zero-order valence-electron chi connectivity index (χ0n) is 10.1. The van der Waals surface area contributed by atoms with Crippen molar-refractivity contribution in [3.05, 3.63) is 0 Å². The lowest BCUT2D eigenvalue weighted by Crippen LogP contribution is -2.39. The van der Waals surface area contributed by atoms with Crippen molar-refractivity contribution in [3.63, 3.8) is 0 Å². The van der Waals surface area contributed by atoms with E-state index < -0.39 is 0 Å². The zero-order chi connectivity index (χ0) is 11.3. The molecule has 0 aromatic carbocycles. The third-order valence-corrected chi connectivity index (χ3v) is 2.99. The summed E-state index contributed by atoms with van der Waals surface area (Å²) in [4.78, 5) is 15.4. The van der Waals surface area contributed by atoms with Crippen LogP contribution in [-0.4, -0.2) is 62.5 Å². The fraction of sp³-hybridized carbons (Fsp3) is 0.909. The van der Waals surface area contributed by atoms with Crippen molar-refractivity contribution < 1.29 is 4.79 Å². The van der Waals surface area contributed by atoms with Crippen LogP contribution in [0.1, 0.15) is 19.3 Å². The topological polar surface area (TPSA) is 35.6 Å². The van der Waals surface area contributed by atoms with Crippen LogP contribution in [0.15, 0.2) is 0 Å². The Morgan fingerprint density at radius 1 is 1.40 bits per heavy atom. The van der Waals surface area contributed by atoms with E-state index in [1.54, 1.807) is 19.0 Å². The van der Waals surface area contributed by atoms with Crippen molar-refractivity contribution in [2.24, 2.45) is 0 Å². The van der Waals surface area contributed by atoms with Gasteiger partial charge in [-0.2, -0.15) is 0 Å². The van der Waals surface area contributed by atoms with Crippen molar-refractivity contribution in [1.82, 2.24) is 15.1 Å². The number of nitrogens with zero attached hydrogens (tertiary/aromatic N) is 2. The first-order valence-electron chi connectivity index (χ1n) is 5.71. The first-order chi connectivity index (χ1) is 7.09. The van der Waals surface area contributed by atoms with Gasteiger partial charge in [0.1, 0.15) is 0 Å². The molecule has 1 heterocycles. The summed E-state index contributed by atoms with van der Waals surface area (Å²) in [6.07, 6.45) is 3.56.